The Hall–Kier alpha value is -1.29. The van der Waals surface area contributed by atoms with Gasteiger partial charge in [-0.2, -0.15) is 0 Å². The zero-order valence-electron chi connectivity index (χ0n) is 8.93. The summed E-state index contributed by atoms with van der Waals surface area (Å²) in [5, 5.41) is 2.60. The van der Waals surface area contributed by atoms with Crippen LogP contribution in [0.3, 0.4) is 0 Å². The summed E-state index contributed by atoms with van der Waals surface area (Å²) in [5.74, 6) is -0.468. The van der Waals surface area contributed by atoms with Gasteiger partial charge < -0.3 is 10.1 Å². The SMILES string of the molecule is COc1ccc(CCNC(=O)CCl)cc1F. The Bertz CT molecular complexity index is 371. The van der Waals surface area contributed by atoms with Gasteiger partial charge in [0.15, 0.2) is 11.6 Å². The number of halogens is 2. The lowest BCUT2D eigenvalue weighted by atomic mass is 10.1. The van der Waals surface area contributed by atoms with Crippen LogP contribution in [0.2, 0.25) is 0 Å². The van der Waals surface area contributed by atoms with E-state index in [0.29, 0.717) is 13.0 Å². The summed E-state index contributed by atoms with van der Waals surface area (Å²) in [6.45, 7) is 0.442. The zero-order chi connectivity index (χ0) is 12.0. The van der Waals surface area contributed by atoms with E-state index in [1.165, 1.54) is 13.2 Å². The average Bonchev–Trinajstić information content (AvgIpc) is 2.29. The van der Waals surface area contributed by atoms with Gasteiger partial charge in [0.1, 0.15) is 5.88 Å². The number of nitrogens with one attached hydrogen (secondary N) is 1. The smallest absolute Gasteiger partial charge is 0.234 e. The van der Waals surface area contributed by atoms with E-state index < -0.39 is 5.82 Å². The lowest BCUT2D eigenvalue weighted by Gasteiger charge is -2.06. The van der Waals surface area contributed by atoms with Crippen molar-refractivity contribution >= 4 is 17.5 Å². The first-order valence-corrected chi connectivity index (χ1v) is 5.36. The van der Waals surface area contributed by atoms with Crippen LogP contribution in [0.15, 0.2) is 18.2 Å². The van der Waals surface area contributed by atoms with Gasteiger partial charge in [-0.25, -0.2) is 4.39 Å². The highest BCUT2D eigenvalue weighted by molar-refractivity contribution is 6.27. The van der Waals surface area contributed by atoms with E-state index in [1.54, 1.807) is 12.1 Å². The largest absolute Gasteiger partial charge is 0.494 e. The second-order valence-corrected chi connectivity index (χ2v) is 3.47. The fourth-order valence-corrected chi connectivity index (χ4v) is 1.35. The Morgan fingerprint density at radius 3 is 2.88 bits per heavy atom. The second-order valence-electron chi connectivity index (χ2n) is 3.20. The minimum Gasteiger partial charge on any atom is -0.494 e. The standard InChI is InChI=1S/C11H13ClFNO2/c1-16-10-3-2-8(6-9(10)13)4-5-14-11(15)7-12/h2-3,6H,4-5,7H2,1H3,(H,14,15). The lowest BCUT2D eigenvalue weighted by Crippen LogP contribution is -2.26. The summed E-state index contributed by atoms with van der Waals surface area (Å²) in [4.78, 5) is 10.8. The van der Waals surface area contributed by atoms with Crippen LogP contribution in [-0.4, -0.2) is 25.4 Å². The van der Waals surface area contributed by atoms with Crippen molar-refractivity contribution in [3.63, 3.8) is 0 Å². The molecule has 1 rings (SSSR count). The van der Waals surface area contributed by atoms with E-state index >= 15 is 0 Å². The van der Waals surface area contributed by atoms with Gasteiger partial charge in [0.05, 0.1) is 7.11 Å². The van der Waals surface area contributed by atoms with E-state index in [0.717, 1.165) is 5.56 Å². The van der Waals surface area contributed by atoms with Crippen LogP contribution < -0.4 is 10.1 Å². The molecule has 1 N–H and O–H groups in total. The molecule has 88 valence electrons. The molecule has 1 aromatic rings. The van der Waals surface area contributed by atoms with E-state index in [4.69, 9.17) is 16.3 Å². The Labute approximate surface area is 98.5 Å². The van der Waals surface area contributed by atoms with Crippen molar-refractivity contribution in [3.05, 3.63) is 29.6 Å². The molecule has 0 aliphatic carbocycles. The number of methoxy groups -OCH3 is 1. The highest BCUT2D eigenvalue weighted by Gasteiger charge is 2.03. The van der Waals surface area contributed by atoms with Crippen molar-refractivity contribution < 1.29 is 13.9 Å². The summed E-state index contributed by atoms with van der Waals surface area (Å²) in [7, 11) is 1.42. The second kappa shape index (κ2) is 6.33. The number of rotatable bonds is 5. The van der Waals surface area contributed by atoms with E-state index in [1.807, 2.05) is 0 Å². The fraction of sp³-hybridized carbons (Fsp3) is 0.364. The van der Waals surface area contributed by atoms with Crippen molar-refractivity contribution in [2.75, 3.05) is 19.5 Å². The van der Waals surface area contributed by atoms with Crippen molar-refractivity contribution in [2.24, 2.45) is 0 Å². The van der Waals surface area contributed by atoms with Crippen molar-refractivity contribution in [3.8, 4) is 5.75 Å². The number of ether oxygens (including phenoxy) is 1. The van der Waals surface area contributed by atoms with Crippen LogP contribution in [0.5, 0.6) is 5.75 Å². The van der Waals surface area contributed by atoms with Crippen molar-refractivity contribution in [1.82, 2.24) is 5.32 Å². The van der Waals surface area contributed by atoms with Gasteiger partial charge >= 0.3 is 0 Å². The van der Waals surface area contributed by atoms with Crippen LogP contribution in [0.4, 0.5) is 4.39 Å². The number of carbonyl (C=O) groups is 1. The Morgan fingerprint density at radius 1 is 1.56 bits per heavy atom. The van der Waals surface area contributed by atoms with Gasteiger partial charge in [-0.1, -0.05) is 6.07 Å². The number of hydrogen-bond acceptors (Lipinski definition) is 2. The molecule has 1 aromatic carbocycles. The van der Waals surface area contributed by atoms with Crippen molar-refractivity contribution in [1.29, 1.82) is 0 Å². The molecule has 0 bridgehead atoms. The maximum atomic E-state index is 13.3. The van der Waals surface area contributed by atoms with E-state index in [2.05, 4.69) is 5.32 Å². The summed E-state index contributed by atoms with van der Waals surface area (Å²) in [6.07, 6.45) is 0.559. The zero-order valence-corrected chi connectivity index (χ0v) is 9.68. The van der Waals surface area contributed by atoms with Crippen LogP contribution in [-0.2, 0) is 11.2 Å². The highest BCUT2D eigenvalue weighted by Crippen LogP contribution is 2.17. The number of hydrogen-bond donors (Lipinski definition) is 1. The summed E-state index contributed by atoms with van der Waals surface area (Å²) < 4.78 is 18.1. The predicted octanol–water partition coefficient (Wildman–Crippen LogP) is 1.73. The minimum atomic E-state index is -0.399. The Kier molecular flexibility index (Phi) is 5.05. The molecule has 0 saturated heterocycles. The first-order valence-electron chi connectivity index (χ1n) is 4.82. The number of amides is 1. The third-order valence-corrected chi connectivity index (χ3v) is 2.32. The quantitative estimate of drug-likeness (QED) is 0.803. The van der Waals surface area contributed by atoms with Gasteiger partial charge in [-0.05, 0) is 24.1 Å². The highest BCUT2D eigenvalue weighted by atomic mass is 35.5. The van der Waals surface area contributed by atoms with Crippen LogP contribution in [0, 0.1) is 5.82 Å². The number of carbonyl (C=O) groups excluding carboxylic acids is 1. The van der Waals surface area contributed by atoms with Gasteiger partial charge in [0.25, 0.3) is 0 Å². The van der Waals surface area contributed by atoms with Crippen LogP contribution in [0.25, 0.3) is 0 Å². The molecule has 3 nitrogen and oxygen atoms in total. The molecule has 16 heavy (non-hydrogen) atoms. The first kappa shape index (κ1) is 12.8. The third-order valence-electron chi connectivity index (χ3n) is 2.07. The Morgan fingerprint density at radius 2 is 2.31 bits per heavy atom. The number of benzene rings is 1. The van der Waals surface area contributed by atoms with E-state index in [-0.39, 0.29) is 17.5 Å². The Balaban J connectivity index is 2.49. The normalized spacial score (nSPS) is 9.94. The molecule has 0 aliphatic heterocycles. The van der Waals surface area contributed by atoms with Crippen LogP contribution in [0.1, 0.15) is 5.56 Å². The summed E-state index contributed by atoms with van der Waals surface area (Å²) >= 11 is 5.31. The molecule has 0 aliphatic rings. The molecule has 5 heteroatoms. The van der Waals surface area contributed by atoms with Gasteiger partial charge in [-0.3, -0.25) is 4.79 Å². The molecule has 0 unspecified atom stereocenters. The van der Waals surface area contributed by atoms with E-state index in [9.17, 15) is 9.18 Å². The minimum absolute atomic E-state index is 0.0586. The topological polar surface area (TPSA) is 38.3 Å². The molecule has 0 heterocycles. The molecule has 1 amide bonds. The average molecular weight is 246 g/mol. The first-order chi connectivity index (χ1) is 7.67. The van der Waals surface area contributed by atoms with Gasteiger partial charge in [-0.15, -0.1) is 11.6 Å². The van der Waals surface area contributed by atoms with Gasteiger partial charge in [0.2, 0.25) is 5.91 Å². The molecule has 0 saturated carbocycles. The molecule has 0 radical (unpaired) electrons. The molecule has 0 spiro atoms. The maximum absolute atomic E-state index is 13.3. The molecule has 0 aromatic heterocycles. The third kappa shape index (κ3) is 3.70. The predicted molar refractivity (Wildman–Crippen MR) is 60.4 cm³/mol. The fourth-order valence-electron chi connectivity index (χ4n) is 1.26. The molecule has 0 fully saturated rings. The molecule has 0 atom stereocenters. The summed E-state index contributed by atoms with van der Waals surface area (Å²) in [6, 6.07) is 4.72. The van der Waals surface area contributed by atoms with Crippen molar-refractivity contribution in [2.45, 2.75) is 6.42 Å². The summed E-state index contributed by atoms with van der Waals surface area (Å²) in [5.41, 5.74) is 0.799. The number of alkyl halides is 1. The maximum Gasteiger partial charge on any atom is 0.234 e. The van der Waals surface area contributed by atoms with Crippen LogP contribution >= 0.6 is 11.6 Å². The molecular weight excluding hydrogens is 233 g/mol. The van der Waals surface area contributed by atoms with Gasteiger partial charge in [0, 0.05) is 6.54 Å². The molecular formula is C11H13ClFNO2. The lowest BCUT2D eigenvalue weighted by molar-refractivity contribution is -0.118. The monoisotopic (exact) mass is 245 g/mol.